The summed E-state index contributed by atoms with van der Waals surface area (Å²) in [7, 11) is 3.39. The summed E-state index contributed by atoms with van der Waals surface area (Å²) in [6.07, 6.45) is 2.65. The lowest BCUT2D eigenvalue weighted by Crippen LogP contribution is -2.18. The zero-order chi connectivity index (χ0) is 12.5. The predicted molar refractivity (Wildman–Crippen MR) is 64.8 cm³/mol. The average Bonchev–Trinajstić information content (AvgIpc) is 2.72. The van der Waals surface area contributed by atoms with Gasteiger partial charge >= 0.3 is 0 Å². The average molecular weight is 242 g/mol. The minimum Gasteiger partial charge on any atom is -0.444 e. The Morgan fingerprint density at radius 1 is 1.41 bits per heavy atom. The van der Waals surface area contributed by atoms with Crippen molar-refractivity contribution in [2.45, 2.75) is 19.9 Å². The molecule has 1 rings (SSSR count). The SMILES string of the molecule is COCCNCc1ncc(CC(C)COC)o1. The van der Waals surface area contributed by atoms with Gasteiger partial charge < -0.3 is 19.2 Å². The molecule has 1 aromatic rings. The molecule has 0 aliphatic rings. The first-order chi connectivity index (χ1) is 8.26. The van der Waals surface area contributed by atoms with E-state index in [9.17, 15) is 0 Å². The lowest BCUT2D eigenvalue weighted by molar-refractivity contribution is 0.156. The van der Waals surface area contributed by atoms with Crippen molar-refractivity contribution in [2.75, 3.05) is 34.0 Å². The standard InChI is InChI=1S/C12H22N2O3/c1-10(9-16-3)6-11-7-14-12(17-11)8-13-4-5-15-2/h7,10,13H,4-6,8-9H2,1-3H3. The molecule has 0 bridgehead atoms. The van der Waals surface area contributed by atoms with Gasteiger partial charge in [0.05, 0.1) is 19.3 Å². The molecule has 0 fully saturated rings. The van der Waals surface area contributed by atoms with Crippen LogP contribution in [0, 0.1) is 5.92 Å². The molecule has 0 aromatic carbocycles. The van der Waals surface area contributed by atoms with Crippen LogP contribution in [0.25, 0.3) is 0 Å². The van der Waals surface area contributed by atoms with Gasteiger partial charge in [0.15, 0.2) is 0 Å². The van der Waals surface area contributed by atoms with Crippen LogP contribution in [0.3, 0.4) is 0 Å². The van der Waals surface area contributed by atoms with Gasteiger partial charge in [-0.05, 0) is 5.92 Å². The predicted octanol–water partition coefficient (Wildman–Crippen LogP) is 1.24. The molecular weight excluding hydrogens is 220 g/mol. The van der Waals surface area contributed by atoms with Crippen molar-refractivity contribution in [3.05, 3.63) is 17.8 Å². The molecule has 1 aromatic heterocycles. The second kappa shape index (κ2) is 8.22. The maximum Gasteiger partial charge on any atom is 0.208 e. The van der Waals surface area contributed by atoms with Crippen molar-refractivity contribution in [3.8, 4) is 0 Å². The van der Waals surface area contributed by atoms with Crippen LogP contribution in [0.15, 0.2) is 10.6 Å². The normalized spacial score (nSPS) is 12.9. The van der Waals surface area contributed by atoms with Crippen molar-refractivity contribution >= 4 is 0 Å². The second-order valence-corrected chi connectivity index (χ2v) is 4.15. The third kappa shape index (κ3) is 5.81. The molecule has 0 radical (unpaired) electrons. The van der Waals surface area contributed by atoms with Gasteiger partial charge in [0.25, 0.3) is 0 Å². The first-order valence-corrected chi connectivity index (χ1v) is 5.88. The van der Waals surface area contributed by atoms with Crippen molar-refractivity contribution in [3.63, 3.8) is 0 Å². The van der Waals surface area contributed by atoms with Gasteiger partial charge in [0.1, 0.15) is 5.76 Å². The Bertz CT molecular complexity index is 302. The quantitative estimate of drug-likeness (QED) is 0.660. The molecule has 0 saturated heterocycles. The van der Waals surface area contributed by atoms with Crippen molar-refractivity contribution in [1.29, 1.82) is 0 Å². The van der Waals surface area contributed by atoms with E-state index in [1.807, 2.05) is 0 Å². The summed E-state index contributed by atoms with van der Waals surface area (Å²) in [5.41, 5.74) is 0. The number of rotatable bonds is 9. The molecule has 5 nitrogen and oxygen atoms in total. The van der Waals surface area contributed by atoms with Crippen molar-refractivity contribution < 1.29 is 13.9 Å². The van der Waals surface area contributed by atoms with Gasteiger partial charge in [-0.2, -0.15) is 0 Å². The highest BCUT2D eigenvalue weighted by atomic mass is 16.5. The molecule has 1 atom stereocenters. The Labute approximate surface area is 103 Å². The minimum absolute atomic E-state index is 0.447. The summed E-state index contributed by atoms with van der Waals surface area (Å²) in [6, 6.07) is 0. The molecule has 0 spiro atoms. The number of aromatic nitrogens is 1. The molecule has 0 saturated carbocycles. The van der Waals surface area contributed by atoms with E-state index in [-0.39, 0.29) is 0 Å². The first-order valence-electron chi connectivity index (χ1n) is 5.88. The van der Waals surface area contributed by atoms with Crippen LogP contribution in [0.4, 0.5) is 0 Å². The molecular formula is C12H22N2O3. The number of methoxy groups -OCH3 is 2. The lowest BCUT2D eigenvalue weighted by Gasteiger charge is -2.06. The van der Waals surface area contributed by atoms with E-state index in [1.165, 1.54) is 0 Å². The molecule has 0 aliphatic carbocycles. The number of nitrogens with one attached hydrogen (secondary N) is 1. The van der Waals surface area contributed by atoms with Crippen molar-refractivity contribution in [2.24, 2.45) is 5.92 Å². The number of ether oxygens (including phenoxy) is 2. The zero-order valence-electron chi connectivity index (χ0n) is 10.9. The van der Waals surface area contributed by atoms with E-state index in [2.05, 4.69) is 17.2 Å². The van der Waals surface area contributed by atoms with Gasteiger partial charge in [-0.15, -0.1) is 0 Å². The number of hydrogen-bond acceptors (Lipinski definition) is 5. The van der Waals surface area contributed by atoms with E-state index in [4.69, 9.17) is 13.9 Å². The largest absolute Gasteiger partial charge is 0.444 e. The first kappa shape index (κ1) is 14.2. The minimum atomic E-state index is 0.447. The molecule has 1 heterocycles. The Balaban J connectivity index is 2.27. The van der Waals surface area contributed by atoms with Crippen LogP contribution in [0.1, 0.15) is 18.6 Å². The Kier molecular flexibility index (Phi) is 6.84. The van der Waals surface area contributed by atoms with Gasteiger partial charge in [-0.3, -0.25) is 0 Å². The monoisotopic (exact) mass is 242 g/mol. The van der Waals surface area contributed by atoms with Crippen molar-refractivity contribution in [1.82, 2.24) is 10.3 Å². The highest BCUT2D eigenvalue weighted by molar-refractivity contribution is 4.95. The molecule has 0 aliphatic heterocycles. The van der Waals surface area contributed by atoms with Crippen LogP contribution in [-0.2, 0) is 22.4 Å². The third-order valence-corrected chi connectivity index (χ3v) is 2.36. The Morgan fingerprint density at radius 3 is 2.94 bits per heavy atom. The highest BCUT2D eigenvalue weighted by Crippen LogP contribution is 2.10. The summed E-state index contributed by atoms with van der Waals surface area (Å²) in [4.78, 5) is 4.22. The van der Waals surface area contributed by atoms with Crippen LogP contribution in [0.5, 0.6) is 0 Å². The summed E-state index contributed by atoms with van der Waals surface area (Å²) in [5, 5.41) is 3.19. The van der Waals surface area contributed by atoms with Crippen LogP contribution in [-0.4, -0.2) is 39.0 Å². The Morgan fingerprint density at radius 2 is 2.24 bits per heavy atom. The highest BCUT2D eigenvalue weighted by Gasteiger charge is 2.08. The fraction of sp³-hybridized carbons (Fsp3) is 0.750. The van der Waals surface area contributed by atoms with E-state index in [0.717, 1.165) is 31.2 Å². The van der Waals surface area contributed by atoms with Crippen LogP contribution in [0.2, 0.25) is 0 Å². The summed E-state index contributed by atoms with van der Waals surface area (Å²) in [5.74, 6) is 2.08. The van der Waals surface area contributed by atoms with Gasteiger partial charge in [-0.25, -0.2) is 4.98 Å². The summed E-state index contributed by atoms with van der Waals surface area (Å²) < 4.78 is 15.6. The van der Waals surface area contributed by atoms with Gasteiger partial charge in [-0.1, -0.05) is 6.92 Å². The fourth-order valence-corrected chi connectivity index (χ4v) is 1.58. The maximum absolute atomic E-state index is 5.61. The molecule has 0 amide bonds. The number of nitrogens with zero attached hydrogens (tertiary/aromatic N) is 1. The summed E-state index contributed by atoms with van der Waals surface area (Å²) in [6.45, 7) is 5.00. The molecule has 1 N–H and O–H groups in total. The molecule has 98 valence electrons. The summed E-state index contributed by atoms with van der Waals surface area (Å²) >= 11 is 0. The second-order valence-electron chi connectivity index (χ2n) is 4.15. The van der Waals surface area contributed by atoms with Crippen LogP contribution < -0.4 is 5.32 Å². The maximum atomic E-state index is 5.61. The Hall–Kier alpha value is -0.910. The fourth-order valence-electron chi connectivity index (χ4n) is 1.58. The van der Waals surface area contributed by atoms with E-state index in [1.54, 1.807) is 20.4 Å². The number of oxazole rings is 1. The lowest BCUT2D eigenvalue weighted by atomic mass is 10.1. The zero-order valence-corrected chi connectivity index (χ0v) is 10.9. The molecule has 17 heavy (non-hydrogen) atoms. The number of hydrogen-bond donors (Lipinski definition) is 1. The topological polar surface area (TPSA) is 56.5 Å². The van der Waals surface area contributed by atoms with Gasteiger partial charge in [0.2, 0.25) is 5.89 Å². The molecule has 5 heteroatoms. The third-order valence-electron chi connectivity index (χ3n) is 2.36. The van der Waals surface area contributed by atoms with Crippen LogP contribution >= 0.6 is 0 Å². The molecule has 1 unspecified atom stereocenters. The smallest absolute Gasteiger partial charge is 0.208 e. The van der Waals surface area contributed by atoms with E-state index >= 15 is 0 Å². The van der Waals surface area contributed by atoms with Gasteiger partial charge in [0, 0.05) is 33.8 Å². The van der Waals surface area contributed by atoms with E-state index in [0.29, 0.717) is 19.1 Å². The van der Waals surface area contributed by atoms with E-state index < -0.39 is 0 Å².